The van der Waals surface area contributed by atoms with Gasteiger partial charge in [0.25, 0.3) is 0 Å². The number of hydrogen-bond acceptors (Lipinski definition) is 4. The van der Waals surface area contributed by atoms with Crippen LogP contribution in [0.25, 0.3) is 0 Å². The van der Waals surface area contributed by atoms with Crippen LogP contribution in [0.3, 0.4) is 0 Å². The van der Waals surface area contributed by atoms with Gasteiger partial charge in [-0.2, -0.15) is 0 Å². The van der Waals surface area contributed by atoms with E-state index >= 15 is 0 Å². The minimum atomic E-state index is -0.410. The highest BCUT2D eigenvalue weighted by molar-refractivity contribution is 5.89. The van der Waals surface area contributed by atoms with Gasteiger partial charge < -0.3 is 9.47 Å². The number of carbonyl (C=O) groups is 2. The summed E-state index contributed by atoms with van der Waals surface area (Å²) in [6.45, 7) is 6.11. The van der Waals surface area contributed by atoms with E-state index in [4.69, 9.17) is 9.47 Å². The Morgan fingerprint density at radius 1 is 1.09 bits per heavy atom. The van der Waals surface area contributed by atoms with Crippen LogP contribution in [0.1, 0.15) is 35.1 Å². The third kappa shape index (κ3) is 3.63. The van der Waals surface area contributed by atoms with Crippen LogP contribution in [0.15, 0.2) is 12.1 Å². The lowest BCUT2D eigenvalue weighted by Gasteiger charge is -2.22. The standard InChI is InChI=1S/C19H26O4/c1-11-8-12(2)15(13(3)9-11)10-16(20)18-14(19(21)23-5)6-7-17(18)22-4/h8-9,14,17-18H,6-7,10H2,1-5H3. The van der Waals surface area contributed by atoms with E-state index in [0.717, 1.165) is 23.1 Å². The molecule has 1 aliphatic rings. The predicted molar refractivity (Wildman–Crippen MR) is 88.4 cm³/mol. The molecule has 4 nitrogen and oxygen atoms in total. The van der Waals surface area contributed by atoms with Gasteiger partial charge in [-0.3, -0.25) is 9.59 Å². The lowest BCUT2D eigenvalue weighted by molar-refractivity contribution is -0.150. The minimum Gasteiger partial charge on any atom is -0.469 e. The molecular formula is C19H26O4. The summed E-state index contributed by atoms with van der Waals surface area (Å²) < 4.78 is 10.3. The Balaban J connectivity index is 2.25. The zero-order valence-corrected chi connectivity index (χ0v) is 14.6. The molecule has 4 heteroatoms. The summed E-state index contributed by atoms with van der Waals surface area (Å²) in [5, 5.41) is 0. The van der Waals surface area contributed by atoms with Crippen molar-refractivity contribution in [3.05, 3.63) is 34.4 Å². The average Bonchev–Trinajstić information content (AvgIpc) is 2.93. The molecule has 0 heterocycles. The molecule has 3 atom stereocenters. The van der Waals surface area contributed by atoms with Gasteiger partial charge in [-0.05, 0) is 50.3 Å². The smallest absolute Gasteiger partial charge is 0.309 e. The maximum Gasteiger partial charge on any atom is 0.309 e. The van der Waals surface area contributed by atoms with Crippen molar-refractivity contribution in [2.24, 2.45) is 11.8 Å². The highest BCUT2D eigenvalue weighted by atomic mass is 16.5. The molecule has 1 saturated carbocycles. The molecule has 1 aliphatic carbocycles. The molecular weight excluding hydrogens is 292 g/mol. The molecule has 0 bridgehead atoms. The molecule has 3 unspecified atom stereocenters. The number of methoxy groups -OCH3 is 2. The molecule has 1 aromatic carbocycles. The van der Waals surface area contributed by atoms with Crippen molar-refractivity contribution >= 4 is 11.8 Å². The molecule has 23 heavy (non-hydrogen) atoms. The van der Waals surface area contributed by atoms with Crippen LogP contribution in [-0.2, 0) is 25.5 Å². The lowest BCUT2D eigenvalue weighted by atomic mass is 9.85. The molecule has 2 rings (SSSR count). The Kier molecular flexibility index (Phi) is 5.58. The van der Waals surface area contributed by atoms with E-state index in [0.29, 0.717) is 12.8 Å². The van der Waals surface area contributed by atoms with Gasteiger partial charge in [-0.25, -0.2) is 0 Å². The van der Waals surface area contributed by atoms with E-state index in [1.165, 1.54) is 12.7 Å². The van der Waals surface area contributed by atoms with Crippen LogP contribution >= 0.6 is 0 Å². The van der Waals surface area contributed by atoms with Gasteiger partial charge in [-0.1, -0.05) is 17.7 Å². The number of Topliss-reactive ketones (excluding diaryl/α,β-unsaturated/α-hetero) is 1. The fourth-order valence-corrected chi connectivity index (χ4v) is 3.85. The van der Waals surface area contributed by atoms with E-state index in [2.05, 4.69) is 19.1 Å². The van der Waals surface area contributed by atoms with Gasteiger partial charge in [0.05, 0.1) is 25.0 Å². The van der Waals surface area contributed by atoms with Gasteiger partial charge in [0.2, 0.25) is 0 Å². The van der Waals surface area contributed by atoms with Crippen LogP contribution in [0.5, 0.6) is 0 Å². The molecule has 0 N–H and O–H groups in total. The number of esters is 1. The SMILES string of the molecule is COC(=O)C1CCC(OC)C1C(=O)Cc1c(C)cc(C)cc1C. The molecule has 0 saturated heterocycles. The van der Waals surface area contributed by atoms with E-state index < -0.39 is 5.92 Å². The maximum absolute atomic E-state index is 12.9. The third-order valence-corrected chi connectivity index (χ3v) is 4.97. The van der Waals surface area contributed by atoms with Crippen LogP contribution in [-0.4, -0.2) is 32.1 Å². The number of ether oxygens (including phenoxy) is 2. The Hall–Kier alpha value is -1.68. The Bertz CT molecular complexity index is 582. The number of rotatable bonds is 5. The Morgan fingerprint density at radius 2 is 1.70 bits per heavy atom. The van der Waals surface area contributed by atoms with Crippen molar-refractivity contribution < 1.29 is 19.1 Å². The molecule has 126 valence electrons. The fourth-order valence-electron chi connectivity index (χ4n) is 3.85. The number of ketones is 1. The summed E-state index contributed by atoms with van der Waals surface area (Å²) in [7, 11) is 2.98. The van der Waals surface area contributed by atoms with E-state index in [-0.39, 0.29) is 23.8 Å². The maximum atomic E-state index is 12.9. The molecule has 1 fully saturated rings. The summed E-state index contributed by atoms with van der Waals surface area (Å²) in [5.74, 6) is -1.03. The Morgan fingerprint density at radius 3 is 2.22 bits per heavy atom. The minimum absolute atomic E-state index is 0.0693. The van der Waals surface area contributed by atoms with Crippen molar-refractivity contribution in [1.82, 2.24) is 0 Å². The quantitative estimate of drug-likeness (QED) is 0.783. The van der Waals surface area contributed by atoms with Gasteiger partial charge in [0, 0.05) is 13.5 Å². The zero-order chi connectivity index (χ0) is 17.1. The van der Waals surface area contributed by atoms with Crippen LogP contribution in [0.4, 0.5) is 0 Å². The van der Waals surface area contributed by atoms with Crippen molar-refractivity contribution in [1.29, 1.82) is 0 Å². The average molecular weight is 318 g/mol. The van der Waals surface area contributed by atoms with Gasteiger partial charge in [-0.15, -0.1) is 0 Å². The van der Waals surface area contributed by atoms with Crippen LogP contribution in [0.2, 0.25) is 0 Å². The molecule has 0 spiro atoms. The van der Waals surface area contributed by atoms with Crippen molar-refractivity contribution in [2.75, 3.05) is 14.2 Å². The van der Waals surface area contributed by atoms with E-state index in [1.54, 1.807) is 7.11 Å². The largest absolute Gasteiger partial charge is 0.469 e. The molecule has 1 aromatic rings. The lowest BCUT2D eigenvalue weighted by Crippen LogP contribution is -2.34. The van der Waals surface area contributed by atoms with Crippen LogP contribution in [0, 0.1) is 32.6 Å². The zero-order valence-electron chi connectivity index (χ0n) is 14.6. The molecule has 0 aliphatic heterocycles. The summed E-state index contributed by atoms with van der Waals surface area (Å²) in [4.78, 5) is 24.9. The van der Waals surface area contributed by atoms with Crippen molar-refractivity contribution in [3.63, 3.8) is 0 Å². The topological polar surface area (TPSA) is 52.6 Å². The molecule has 0 radical (unpaired) electrons. The van der Waals surface area contributed by atoms with Gasteiger partial charge in [0.1, 0.15) is 5.78 Å². The second-order valence-electron chi connectivity index (χ2n) is 6.53. The van der Waals surface area contributed by atoms with Crippen molar-refractivity contribution in [3.8, 4) is 0 Å². The molecule has 0 aromatic heterocycles. The molecule has 0 amide bonds. The summed E-state index contributed by atoms with van der Waals surface area (Å²) >= 11 is 0. The van der Waals surface area contributed by atoms with E-state index in [9.17, 15) is 9.59 Å². The monoisotopic (exact) mass is 318 g/mol. The number of hydrogen-bond donors (Lipinski definition) is 0. The fraction of sp³-hybridized carbons (Fsp3) is 0.579. The van der Waals surface area contributed by atoms with Crippen molar-refractivity contribution in [2.45, 2.75) is 46.1 Å². The summed E-state index contributed by atoms with van der Waals surface area (Å²) in [6.07, 6.45) is 1.51. The number of aryl methyl sites for hydroxylation is 3. The van der Waals surface area contributed by atoms with Gasteiger partial charge >= 0.3 is 5.97 Å². The third-order valence-electron chi connectivity index (χ3n) is 4.97. The first-order valence-electron chi connectivity index (χ1n) is 8.09. The first kappa shape index (κ1) is 17.7. The second-order valence-corrected chi connectivity index (χ2v) is 6.53. The first-order chi connectivity index (χ1) is 10.9. The summed E-state index contributed by atoms with van der Waals surface area (Å²) in [5.41, 5.74) is 4.50. The first-order valence-corrected chi connectivity index (χ1v) is 8.09. The summed E-state index contributed by atoms with van der Waals surface area (Å²) in [6, 6.07) is 4.19. The number of carbonyl (C=O) groups excluding carboxylic acids is 2. The normalized spacial score (nSPS) is 23.8. The number of benzene rings is 1. The van der Waals surface area contributed by atoms with Crippen LogP contribution < -0.4 is 0 Å². The highest BCUT2D eigenvalue weighted by Crippen LogP contribution is 2.36. The van der Waals surface area contributed by atoms with Gasteiger partial charge in [0.15, 0.2) is 0 Å². The van der Waals surface area contributed by atoms with E-state index in [1.807, 2.05) is 13.8 Å². The Labute approximate surface area is 138 Å². The second kappa shape index (κ2) is 7.26. The predicted octanol–water partition coefficient (Wildman–Crippen LogP) is 2.94. The highest BCUT2D eigenvalue weighted by Gasteiger charge is 2.45.